The molecule has 0 aliphatic rings. The number of hydrogen-bond acceptors (Lipinski definition) is 2. The summed E-state index contributed by atoms with van der Waals surface area (Å²) >= 11 is 1.73. The van der Waals surface area contributed by atoms with Gasteiger partial charge < -0.3 is 10.2 Å². The third kappa shape index (κ3) is 4.40. The van der Waals surface area contributed by atoms with Gasteiger partial charge in [0.05, 0.1) is 10.9 Å². The molecule has 2 aromatic carbocycles. The Kier molecular flexibility index (Phi) is 6.21. The predicted molar refractivity (Wildman–Crippen MR) is 107 cm³/mol. The largest absolute Gasteiger partial charge is 0.334 e. The van der Waals surface area contributed by atoms with E-state index in [4.69, 9.17) is 0 Å². The second kappa shape index (κ2) is 8.79. The summed E-state index contributed by atoms with van der Waals surface area (Å²) in [5.74, 6) is 0.138. The van der Waals surface area contributed by atoms with Crippen molar-refractivity contribution < 1.29 is 10.1 Å². The van der Waals surface area contributed by atoms with Gasteiger partial charge in [-0.05, 0) is 23.9 Å². The van der Waals surface area contributed by atoms with E-state index in [1.165, 1.54) is 10.4 Å². The van der Waals surface area contributed by atoms with Crippen molar-refractivity contribution in [3.8, 4) is 0 Å². The highest BCUT2D eigenvalue weighted by molar-refractivity contribution is 7.10. The number of carbonyl (C=O) groups excluding carboxylic acids is 1. The molecule has 3 rings (SSSR count). The van der Waals surface area contributed by atoms with E-state index in [1.54, 1.807) is 11.3 Å². The molecule has 2 N–H and O–H groups in total. The summed E-state index contributed by atoms with van der Waals surface area (Å²) in [5.41, 5.74) is 2.38. The molecule has 0 radical (unpaired) electrons. The number of carbonyl (C=O) groups is 1. The van der Waals surface area contributed by atoms with E-state index in [9.17, 15) is 4.79 Å². The first-order valence-corrected chi connectivity index (χ1v) is 9.77. The average Bonchev–Trinajstić information content (AvgIpc) is 3.23. The second-order valence-corrected chi connectivity index (χ2v) is 7.41. The lowest BCUT2D eigenvalue weighted by Gasteiger charge is -2.25. The van der Waals surface area contributed by atoms with Crippen LogP contribution in [0.15, 0.2) is 78.2 Å². The number of rotatable bonds is 7. The summed E-state index contributed by atoms with van der Waals surface area (Å²) < 4.78 is 0. The summed E-state index contributed by atoms with van der Waals surface area (Å²) in [4.78, 5) is 15.9. The highest BCUT2D eigenvalue weighted by Gasteiger charge is 2.23. The lowest BCUT2D eigenvalue weighted by molar-refractivity contribution is -0.676. The van der Waals surface area contributed by atoms with Crippen LogP contribution in [0.2, 0.25) is 0 Å². The van der Waals surface area contributed by atoms with Crippen molar-refractivity contribution in [2.75, 3.05) is 13.6 Å². The van der Waals surface area contributed by atoms with Crippen LogP contribution < -0.4 is 5.32 Å². The van der Waals surface area contributed by atoms with Crippen molar-refractivity contribution in [3.05, 3.63) is 94.2 Å². The fraction of sp³-hybridized carbons (Fsp3) is 0.227. The first kappa shape index (κ1) is 18.4. The number of hydrogen-bond donors (Lipinski definition) is 1. The van der Waals surface area contributed by atoms with Crippen LogP contribution in [0.4, 0.5) is 0 Å². The van der Waals surface area contributed by atoms with E-state index >= 15 is 0 Å². The number of benzene rings is 2. The van der Waals surface area contributed by atoms with Crippen molar-refractivity contribution in [2.45, 2.75) is 19.0 Å². The van der Waals surface area contributed by atoms with Crippen LogP contribution in [0.3, 0.4) is 0 Å². The lowest BCUT2D eigenvalue weighted by atomic mass is 10.1. The maximum absolute atomic E-state index is 12.8. The molecule has 2 atom stereocenters. The minimum atomic E-state index is 0.0639. The Bertz CT molecular complexity index is 803. The van der Waals surface area contributed by atoms with Gasteiger partial charge in [0.15, 0.2) is 6.54 Å². The Morgan fingerprint density at radius 2 is 1.58 bits per heavy atom. The van der Waals surface area contributed by atoms with Gasteiger partial charge in [0.1, 0.15) is 6.04 Å². The summed E-state index contributed by atoms with van der Waals surface area (Å²) in [7, 11) is 1.89. The standard InChI is InChI=1S/C22H24N2OS/c1-17(18-10-5-3-6-11-18)24(2)21(25)16-23-22(20-14-9-15-26-20)19-12-7-4-8-13-19/h3-15,17,22-23H,16H2,1-2H3/p+1/t17-,22-/m0/s1. The Hall–Kier alpha value is -2.43. The van der Waals surface area contributed by atoms with Gasteiger partial charge in [0, 0.05) is 12.6 Å². The van der Waals surface area contributed by atoms with E-state index in [0.717, 1.165) is 5.56 Å². The van der Waals surface area contributed by atoms with Gasteiger partial charge >= 0.3 is 0 Å². The van der Waals surface area contributed by atoms with Gasteiger partial charge in [-0.3, -0.25) is 4.79 Å². The van der Waals surface area contributed by atoms with Gasteiger partial charge in [-0.2, -0.15) is 0 Å². The fourth-order valence-electron chi connectivity index (χ4n) is 3.08. The Labute approximate surface area is 159 Å². The molecule has 26 heavy (non-hydrogen) atoms. The maximum atomic E-state index is 12.8. The van der Waals surface area contributed by atoms with Gasteiger partial charge in [-0.25, -0.2) is 0 Å². The predicted octanol–water partition coefficient (Wildman–Crippen LogP) is 3.62. The topological polar surface area (TPSA) is 36.9 Å². The molecule has 0 unspecified atom stereocenters. The average molecular weight is 366 g/mol. The molecule has 3 aromatic rings. The van der Waals surface area contributed by atoms with Crippen LogP contribution in [0.25, 0.3) is 0 Å². The summed E-state index contributed by atoms with van der Waals surface area (Å²) in [6, 6.07) is 25.0. The van der Waals surface area contributed by atoms with Gasteiger partial charge in [0.25, 0.3) is 5.91 Å². The number of likely N-dealkylation sites (N-methyl/N-ethyl adjacent to an activating group) is 1. The zero-order valence-electron chi connectivity index (χ0n) is 15.2. The molecule has 0 aliphatic heterocycles. The SMILES string of the molecule is C[C@@H](c1ccccc1)N(C)C(=O)C[NH2+][C@@H](c1ccccc1)c1cccs1. The van der Waals surface area contributed by atoms with E-state index in [2.05, 4.69) is 66.2 Å². The van der Waals surface area contributed by atoms with Gasteiger partial charge in [-0.1, -0.05) is 66.7 Å². The van der Waals surface area contributed by atoms with Crippen LogP contribution in [-0.2, 0) is 4.79 Å². The van der Waals surface area contributed by atoms with E-state index in [-0.39, 0.29) is 18.0 Å². The van der Waals surface area contributed by atoms with Gasteiger partial charge in [-0.15, -0.1) is 11.3 Å². The molecular formula is C22H25N2OS+. The first-order chi connectivity index (χ1) is 12.7. The van der Waals surface area contributed by atoms with E-state index in [1.807, 2.05) is 36.2 Å². The molecule has 0 fully saturated rings. The van der Waals surface area contributed by atoms with E-state index in [0.29, 0.717) is 6.54 Å². The highest BCUT2D eigenvalue weighted by atomic mass is 32.1. The molecule has 0 aliphatic carbocycles. The van der Waals surface area contributed by atoms with Crippen molar-refractivity contribution in [1.29, 1.82) is 0 Å². The molecule has 1 heterocycles. The molecule has 3 nitrogen and oxygen atoms in total. The zero-order chi connectivity index (χ0) is 18.4. The number of thiophene rings is 1. The fourth-order valence-corrected chi connectivity index (χ4v) is 3.93. The summed E-state index contributed by atoms with van der Waals surface area (Å²) in [5, 5.41) is 4.22. The van der Waals surface area contributed by atoms with E-state index < -0.39 is 0 Å². The number of nitrogens with zero attached hydrogens (tertiary/aromatic N) is 1. The third-order valence-electron chi connectivity index (χ3n) is 4.79. The minimum absolute atomic E-state index is 0.0639. The van der Waals surface area contributed by atoms with Crippen molar-refractivity contribution in [1.82, 2.24) is 4.90 Å². The van der Waals surface area contributed by atoms with Crippen molar-refractivity contribution in [2.24, 2.45) is 0 Å². The van der Waals surface area contributed by atoms with Gasteiger partial charge in [0.2, 0.25) is 0 Å². The Morgan fingerprint density at radius 3 is 2.15 bits per heavy atom. The molecule has 1 aromatic heterocycles. The Morgan fingerprint density at radius 1 is 0.962 bits per heavy atom. The lowest BCUT2D eigenvalue weighted by Crippen LogP contribution is -2.87. The minimum Gasteiger partial charge on any atom is -0.334 e. The number of nitrogens with two attached hydrogens (primary N) is 1. The maximum Gasteiger partial charge on any atom is 0.277 e. The molecule has 0 bridgehead atoms. The molecule has 1 amide bonds. The third-order valence-corrected chi connectivity index (χ3v) is 5.75. The molecular weight excluding hydrogens is 340 g/mol. The monoisotopic (exact) mass is 365 g/mol. The summed E-state index contributed by atoms with van der Waals surface area (Å²) in [6.07, 6.45) is 0. The molecule has 0 saturated carbocycles. The van der Waals surface area contributed by atoms with Crippen LogP contribution in [0.1, 0.15) is 35.0 Å². The number of amides is 1. The highest BCUT2D eigenvalue weighted by Crippen LogP contribution is 2.22. The van der Waals surface area contributed by atoms with Crippen LogP contribution in [0, 0.1) is 0 Å². The molecule has 134 valence electrons. The molecule has 0 spiro atoms. The van der Waals surface area contributed by atoms with Crippen LogP contribution in [-0.4, -0.2) is 24.4 Å². The number of quaternary nitrogens is 1. The molecule has 0 saturated heterocycles. The molecule has 4 heteroatoms. The second-order valence-electron chi connectivity index (χ2n) is 6.43. The smallest absolute Gasteiger partial charge is 0.277 e. The zero-order valence-corrected chi connectivity index (χ0v) is 16.0. The van der Waals surface area contributed by atoms with Crippen LogP contribution in [0.5, 0.6) is 0 Å². The Balaban J connectivity index is 1.68. The van der Waals surface area contributed by atoms with Crippen LogP contribution >= 0.6 is 11.3 Å². The summed E-state index contributed by atoms with van der Waals surface area (Å²) in [6.45, 7) is 2.49. The van der Waals surface area contributed by atoms with Crippen molar-refractivity contribution in [3.63, 3.8) is 0 Å². The normalized spacial score (nSPS) is 13.2. The van der Waals surface area contributed by atoms with Crippen molar-refractivity contribution >= 4 is 17.2 Å². The quantitative estimate of drug-likeness (QED) is 0.682. The first-order valence-electron chi connectivity index (χ1n) is 8.89.